The minimum atomic E-state index is -2.49. The lowest BCUT2D eigenvalue weighted by Crippen LogP contribution is -2.83. The van der Waals surface area contributed by atoms with Crippen molar-refractivity contribution in [3.63, 3.8) is 0 Å². The van der Waals surface area contributed by atoms with Crippen molar-refractivity contribution in [1.82, 2.24) is 15.0 Å². The van der Waals surface area contributed by atoms with E-state index in [0.717, 1.165) is 5.95 Å². The van der Waals surface area contributed by atoms with E-state index in [4.69, 9.17) is 9.97 Å². The third-order valence-corrected chi connectivity index (χ3v) is 24.6. The van der Waals surface area contributed by atoms with Gasteiger partial charge in [-0.15, -0.1) is 0 Å². The van der Waals surface area contributed by atoms with Gasteiger partial charge in [-0.25, -0.2) is 15.0 Å². The summed E-state index contributed by atoms with van der Waals surface area (Å²) in [7, 11) is -4.99. The Balaban J connectivity index is 4.71. The lowest BCUT2D eigenvalue weighted by molar-refractivity contribution is 0.495. The molecule has 0 radical (unpaired) electrons. The normalized spacial score (nSPS) is 15.6. The van der Waals surface area contributed by atoms with Crippen LogP contribution in [0.1, 0.15) is 125 Å². The van der Waals surface area contributed by atoms with Crippen molar-refractivity contribution >= 4 is 22.4 Å². The van der Waals surface area contributed by atoms with Gasteiger partial charge in [0.05, 0.1) is 0 Å². The van der Waals surface area contributed by atoms with Crippen LogP contribution >= 0.6 is 0 Å². The summed E-state index contributed by atoms with van der Waals surface area (Å²) in [5.74, 6) is 0.892. The van der Waals surface area contributed by atoms with Crippen molar-refractivity contribution in [2.24, 2.45) is 0 Å². The standard InChI is InChI=1S/C27H56N4Si2/c1-22(2,3)32(23(4,5)6,24(7,8)9)31(21-29-19-28-20-30-21)33(25(10,11)12,26(13,14)15)27(16,17)18/h19-20H,1-18H3. The zero-order valence-corrected chi connectivity index (χ0v) is 27.4. The Morgan fingerprint density at radius 1 is 0.455 bits per heavy atom. The zero-order chi connectivity index (χ0) is 26.7. The van der Waals surface area contributed by atoms with E-state index < -0.39 is 16.5 Å². The zero-order valence-electron chi connectivity index (χ0n) is 25.4. The molecule has 0 amide bonds. The Labute approximate surface area is 209 Å². The molecule has 33 heavy (non-hydrogen) atoms. The van der Waals surface area contributed by atoms with Crippen molar-refractivity contribution < 1.29 is 0 Å². The Bertz CT molecular complexity index is 671. The molecule has 1 aromatic rings. The summed E-state index contributed by atoms with van der Waals surface area (Å²) < 4.78 is 2.97. The molecular formula is C27H56N4Si2. The molecule has 0 aliphatic rings. The maximum Gasteiger partial charge on any atom is 0.211 e. The third-order valence-electron chi connectivity index (χ3n) is 7.86. The van der Waals surface area contributed by atoms with Crippen LogP contribution in [0.3, 0.4) is 0 Å². The minimum absolute atomic E-state index is 0.0656. The smallest absolute Gasteiger partial charge is 0.211 e. The van der Waals surface area contributed by atoms with E-state index in [1.807, 2.05) is 0 Å². The molecule has 0 aliphatic heterocycles. The van der Waals surface area contributed by atoms with Gasteiger partial charge in [-0.1, -0.05) is 125 Å². The number of nitrogens with zero attached hydrogens (tertiary/aromatic N) is 4. The number of anilines is 1. The molecular weight excluding hydrogens is 436 g/mol. The number of hydrogen-bond donors (Lipinski definition) is 0. The molecule has 0 aromatic carbocycles. The molecule has 0 atom stereocenters. The van der Waals surface area contributed by atoms with E-state index in [-0.39, 0.29) is 30.2 Å². The van der Waals surface area contributed by atoms with Gasteiger partial charge in [-0.3, -0.25) is 0 Å². The van der Waals surface area contributed by atoms with E-state index in [2.05, 4.69) is 134 Å². The van der Waals surface area contributed by atoms with Gasteiger partial charge in [-0.05, 0) is 30.2 Å². The van der Waals surface area contributed by atoms with Crippen LogP contribution in [-0.2, 0) is 0 Å². The first-order valence-electron chi connectivity index (χ1n) is 12.7. The highest BCUT2D eigenvalue weighted by molar-refractivity contribution is 7.08. The fourth-order valence-electron chi connectivity index (χ4n) is 9.66. The van der Waals surface area contributed by atoms with Gasteiger partial charge < -0.3 is 4.23 Å². The van der Waals surface area contributed by atoms with Crippen molar-refractivity contribution in [2.45, 2.75) is 155 Å². The highest BCUT2D eigenvalue weighted by atomic mass is 28.4. The Kier molecular flexibility index (Phi) is 7.73. The summed E-state index contributed by atoms with van der Waals surface area (Å²) >= 11 is 0. The van der Waals surface area contributed by atoms with Gasteiger partial charge in [0.1, 0.15) is 12.7 Å². The van der Waals surface area contributed by atoms with Crippen LogP contribution in [0.15, 0.2) is 12.7 Å². The van der Waals surface area contributed by atoms with Gasteiger partial charge in [0.25, 0.3) is 0 Å². The molecule has 1 aromatic heterocycles. The molecule has 6 heteroatoms. The summed E-state index contributed by atoms with van der Waals surface area (Å²) in [5.41, 5.74) is 0. The summed E-state index contributed by atoms with van der Waals surface area (Å²) in [6.07, 6.45) is 3.41. The second-order valence-corrected chi connectivity index (χ2v) is 29.4. The topological polar surface area (TPSA) is 41.9 Å². The molecule has 1 heterocycles. The van der Waals surface area contributed by atoms with Crippen molar-refractivity contribution in [2.75, 3.05) is 4.23 Å². The average molecular weight is 493 g/mol. The summed E-state index contributed by atoms with van der Waals surface area (Å²) in [5, 5.41) is 0.394. The van der Waals surface area contributed by atoms with Gasteiger partial charge in [0.15, 0.2) is 16.5 Å². The Morgan fingerprint density at radius 3 is 0.848 bits per heavy atom. The highest BCUT2D eigenvalue weighted by Crippen LogP contribution is 2.72. The fraction of sp³-hybridized carbons (Fsp3) is 0.889. The lowest BCUT2D eigenvalue weighted by atomic mass is 10.2. The van der Waals surface area contributed by atoms with Crippen molar-refractivity contribution in [1.29, 1.82) is 0 Å². The Hall–Kier alpha value is -0.756. The predicted molar refractivity (Wildman–Crippen MR) is 152 cm³/mol. The van der Waals surface area contributed by atoms with E-state index >= 15 is 0 Å². The SMILES string of the molecule is CC(C)(C)[Si](N(c1ncncn1)[Si](C(C)(C)C)(C(C)(C)C)C(C)(C)C)(C(C)(C)C)C(C)(C)C. The molecule has 0 spiro atoms. The largest absolute Gasteiger partial charge is 0.390 e. The van der Waals surface area contributed by atoms with Gasteiger partial charge >= 0.3 is 0 Å². The van der Waals surface area contributed by atoms with Gasteiger partial charge in [0, 0.05) is 0 Å². The summed E-state index contributed by atoms with van der Waals surface area (Å²) in [6, 6.07) is 0. The summed E-state index contributed by atoms with van der Waals surface area (Å²) in [6.45, 7) is 44.7. The Morgan fingerprint density at radius 2 is 0.667 bits per heavy atom. The van der Waals surface area contributed by atoms with E-state index in [0.29, 0.717) is 0 Å². The first kappa shape index (κ1) is 30.3. The van der Waals surface area contributed by atoms with Crippen molar-refractivity contribution in [3.8, 4) is 0 Å². The van der Waals surface area contributed by atoms with Crippen LogP contribution in [-0.4, -0.2) is 31.4 Å². The molecule has 0 fully saturated rings. The third kappa shape index (κ3) is 4.48. The summed E-state index contributed by atoms with van der Waals surface area (Å²) in [4.78, 5) is 14.2. The molecule has 0 unspecified atom stereocenters. The predicted octanol–water partition coefficient (Wildman–Crippen LogP) is 9.37. The van der Waals surface area contributed by atoms with E-state index in [1.54, 1.807) is 12.7 Å². The minimum Gasteiger partial charge on any atom is -0.390 e. The van der Waals surface area contributed by atoms with Crippen LogP contribution in [0.4, 0.5) is 5.95 Å². The van der Waals surface area contributed by atoms with Crippen LogP contribution in [0.25, 0.3) is 0 Å². The molecule has 0 N–H and O–H groups in total. The fourth-order valence-corrected chi connectivity index (χ4v) is 36.1. The molecule has 0 saturated heterocycles. The number of rotatable bonds is 3. The second kappa shape index (κ2) is 8.42. The average Bonchev–Trinajstić information content (AvgIpc) is 2.47. The highest BCUT2D eigenvalue weighted by Gasteiger charge is 2.74. The quantitative estimate of drug-likeness (QED) is 0.394. The molecule has 4 nitrogen and oxygen atoms in total. The maximum atomic E-state index is 4.97. The van der Waals surface area contributed by atoms with E-state index in [9.17, 15) is 0 Å². The maximum absolute atomic E-state index is 4.97. The number of hydrogen-bond acceptors (Lipinski definition) is 4. The first-order chi connectivity index (χ1) is 14.2. The monoisotopic (exact) mass is 492 g/mol. The van der Waals surface area contributed by atoms with Crippen molar-refractivity contribution in [3.05, 3.63) is 12.7 Å². The van der Waals surface area contributed by atoms with Gasteiger partial charge in [-0.2, -0.15) is 0 Å². The molecule has 0 bridgehead atoms. The van der Waals surface area contributed by atoms with Crippen LogP contribution in [0.2, 0.25) is 30.2 Å². The van der Waals surface area contributed by atoms with Gasteiger partial charge in [0.2, 0.25) is 5.95 Å². The molecule has 0 saturated carbocycles. The van der Waals surface area contributed by atoms with Crippen LogP contribution < -0.4 is 4.23 Å². The second-order valence-electron chi connectivity index (χ2n) is 16.2. The van der Waals surface area contributed by atoms with Crippen LogP contribution in [0.5, 0.6) is 0 Å². The first-order valence-corrected chi connectivity index (χ1v) is 16.5. The molecule has 192 valence electrons. The number of aromatic nitrogens is 3. The van der Waals surface area contributed by atoms with E-state index in [1.165, 1.54) is 0 Å². The molecule has 0 aliphatic carbocycles. The van der Waals surface area contributed by atoms with Crippen LogP contribution in [0, 0.1) is 0 Å². The molecule has 1 rings (SSSR count). The lowest BCUT2D eigenvalue weighted by Gasteiger charge is -2.74.